The van der Waals surface area contributed by atoms with Crippen LogP contribution in [0.15, 0.2) is 70.7 Å². The predicted octanol–water partition coefficient (Wildman–Crippen LogP) is 2.57. The summed E-state index contributed by atoms with van der Waals surface area (Å²) in [6.07, 6.45) is 2.21. The van der Waals surface area contributed by atoms with E-state index in [1.807, 2.05) is 54.6 Å². The number of ether oxygens (including phenoxy) is 1. The van der Waals surface area contributed by atoms with E-state index in [4.69, 9.17) is 4.74 Å². The van der Waals surface area contributed by atoms with Crippen molar-refractivity contribution in [2.24, 2.45) is 0 Å². The zero-order valence-corrected chi connectivity index (χ0v) is 17.7. The summed E-state index contributed by atoms with van der Waals surface area (Å²) < 4.78 is 6.75. The number of para-hydroxylation sites is 1. The third-order valence-corrected chi connectivity index (χ3v) is 5.53. The predicted molar refractivity (Wildman–Crippen MR) is 120 cm³/mol. The van der Waals surface area contributed by atoms with Crippen molar-refractivity contribution in [3.8, 4) is 11.4 Å². The highest BCUT2D eigenvalue weighted by Crippen LogP contribution is 2.17. The largest absolute Gasteiger partial charge is 0.497 e. The van der Waals surface area contributed by atoms with Gasteiger partial charge >= 0.3 is 0 Å². The van der Waals surface area contributed by atoms with Gasteiger partial charge in [0.25, 0.3) is 5.56 Å². The molecule has 0 aliphatic heterocycles. The maximum atomic E-state index is 12.4. The number of methoxy groups -OCH3 is 1. The summed E-state index contributed by atoms with van der Waals surface area (Å²) in [7, 11) is 1.63. The molecule has 158 valence electrons. The van der Waals surface area contributed by atoms with E-state index in [9.17, 15) is 9.59 Å². The van der Waals surface area contributed by atoms with Crippen LogP contribution in [0.25, 0.3) is 16.7 Å². The molecule has 4 rings (SSSR count). The Hall–Kier alpha value is -3.59. The van der Waals surface area contributed by atoms with Gasteiger partial charge in [-0.2, -0.15) is 5.10 Å². The lowest BCUT2D eigenvalue weighted by molar-refractivity contribution is -0.118. The summed E-state index contributed by atoms with van der Waals surface area (Å²) in [5.74, 6) is 0.824. The Morgan fingerprint density at radius 1 is 1.16 bits per heavy atom. The SMILES string of the molecule is COc1ccc(CCNC(=O)CSc2nc3c(cnn3-c3ccccc3)c(=O)[nH]2)cc1. The van der Waals surface area contributed by atoms with Crippen LogP contribution in [0.3, 0.4) is 0 Å². The van der Waals surface area contributed by atoms with Crippen molar-refractivity contribution in [2.75, 3.05) is 19.4 Å². The van der Waals surface area contributed by atoms with E-state index >= 15 is 0 Å². The molecule has 2 aromatic heterocycles. The monoisotopic (exact) mass is 435 g/mol. The molecule has 2 heterocycles. The molecule has 0 saturated carbocycles. The Kier molecular flexibility index (Phi) is 6.32. The van der Waals surface area contributed by atoms with E-state index < -0.39 is 0 Å². The topological polar surface area (TPSA) is 102 Å². The highest BCUT2D eigenvalue weighted by atomic mass is 32.2. The second-order valence-electron chi connectivity index (χ2n) is 6.74. The van der Waals surface area contributed by atoms with Crippen LogP contribution in [0, 0.1) is 0 Å². The van der Waals surface area contributed by atoms with Crippen molar-refractivity contribution in [1.82, 2.24) is 25.1 Å². The van der Waals surface area contributed by atoms with Gasteiger partial charge < -0.3 is 15.0 Å². The molecule has 0 saturated heterocycles. The number of hydrogen-bond donors (Lipinski definition) is 2. The average molecular weight is 436 g/mol. The van der Waals surface area contributed by atoms with Crippen molar-refractivity contribution in [1.29, 1.82) is 0 Å². The molecular formula is C22H21N5O3S. The van der Waals surface area contributed by atoms with Gasteiger partial charge in [-0.15, -0.1) is 0 Å². The van der Waals surface area contributed by atoms with Crippen molar-refractivity contribution in [3.05, 3.63) is 76.7 Å². The number of fused-ring (bicyclic) bond motifs is 1. The normalized spacial score (nSPS) is 10.9. The maximum Gasteiger partial charge on any atom is 0.262 e. The van der Waals surface area contributed by atoms with Crippen LogP contribution in [0.1, 0.15) is 5.56 Å². The van der Waals surface area contributed by atoms with Gasteiger partial charge in [0, 0.05) is 6.54 Å². The Morgan fingerprint density at radius 2 is 1.94 bits per heavy atom. The minimum Gasteiger partial charge on any atom is -0.497 e. The minimum absolute atomic E-state index is 0.127. The molecule has 2 N–H and O–H groups in total. The van der Waals surface area contributed by atoms with Gasteiger partial charge in [-0.25, -0.2) is 9.67 Å². The molecule has 2 aromatic carbocycles. The number of carbonyl (C=O) groups excluding carboxylic acids is 1. The fourth-order valence-corrected chi connectivity index (χ4v) is 3.73. The van der Waals surface area contributed by atoms with Gasteiger partial charge in [0.15, 0.2) is 10.8 Å². The molecular weight excluding hydrogens is 414 g/mol. The van der Waals surface area contributed by atoms with Crippen molar-refractivity contribution in [2.45, 2.75) is 11.6 Å². The van der Waals surface area contributed by atoms with Crippen LogP contribution in [0.5, 0.6) is 5.75 Å². The molecule has 9 heteroatoms. The molecule has 0 spiro atoms. The maximum absolute atomic E-state index is 12.4. The van der Waals surface area contributed by atoms with Gasteiger partial charge in [-0.1, -0.05) is 42.1 Å². The van der Waals surface area contributed by atoms with Crippen molar-refractivity contribution < 1.29 is 9.53 Å². The van der Waals surface area contributed by atoms with Gasteiger partial charge in [0.2, 0.25) is 5.91 Å². The first kappa shape index (κ1) is 20.7. The highest BCUT2D eigenvalue weighted by Gasteiger charge is 2.12. The summed E-state index contributed by atoms with van der Waals surface area (Å²) in [6, 6.07) is 17.2. The number of rotatable bonds is 8. The van der Waals surface area contributed by atoms with Crippen LogP contribution in [0.4, 0.5) is 0 Å². The molecule has 0 aliphatic rings. The van der Waals surface area contributed by atoms with Crippen molar-refractivity contribution >= 4 is 28.7 Å². The Labute approximate surface area is 182 Å². The van der Waals surface area contributed by atoms with E-state index in [0.29, 0.717) is 22.7 Å². The Bertz CT molecular complexity index is 1240. The van der Waals surface area contributed by atoms with E-state index in [2.05, 4.69) is 20.4 Å². The Balaban J connectivity index is 1.37. The van der Waals surface area contributed by atoms with Crippen LogP contribution < -0.4 is 15.6 Å². The summed E-state index contributed by atoms with van der Waals surface area (Å²) in [6.45, 7) is 0.523. The number of carbonyl (C=O) groups is 1. The number of aromatic nitrogens is 4. The molecule has 8 nitrogen and oxygen atoms in total. The van der Waals surface area contributed by atoms with Crippen LogP contribution >= 0.6 is 11.8 Å². The zero-order chi connectivity index (χ0) is 21.6. The van der Waals surface area contributed by atoms with Gasteiger partial charge in [-0.05, 0) is 36.2 Å². The van der Waals surface area contributed by atoms with E-state index in [1.54, 1.807) is 11.8 Å². The first-order valence-corrected chi connectivity index (χ1v) is 10.7. The number of thioether (sulfide) groups is 1. The lowest BCUT2D eigenvalue weighted by Gasteiger charge is -2.07. The second-order valence-corrected chi connectivity index (χ2v) is 7.70. The summed E-state index contributed by atoms with van der Waals surface area (Å²) in [4.78, 5) is 31.8. The fourth-order valence-electron chi connectivity index (χ4n) is 3.05. The van der Waals surface area contributed by atoms with Gasteiger partial charge in [-0.3, -0.25) is 9.59 Å². The number of nitrogens with one attached hydrogen (secondary N) is 2. The van der Waals surface area contributed by atoms with Gasteiger partial charge in [0.05, 0.1) is 24.7 Å². The molecule has 0 fully saturated rings. The average Bonchev–Trinajstić information content (AvgIpc) is 3.23. The van der Waals surface area contributed by atoms with E-state index in [0.717, 1.165) is 23.4 Å². The van der Waals surface area contributed by atoms with Crippen molar-refractivity contribution in [3.63, 3.8) is 0 Å². The standard InChI is InChI=1S/C22H21N5O3S/c1-30-17-9-7-15(8-10-17)11-12-23-19(28)14-31-22-25-20-18(21(29)26-22)13-24-27(20)16-5-3-2-4-6-16/h2-10,13H,11-12,14H2,1H3,(H,23,28)(H,25,26,29). The molecule has 4 aromatic rings. The molecule has 0 radical (unpaired) electrons. The molecule has 1 amide bonds. The van der Waals surface area contributed by atoms with E-state index in [-0.39, 0.29) is 17.2 Å². The molecule has 0 atom stereocenters. The van der Waals surface area contributed by atoms with Crippen LogP contribution in [0.2, 0.25) is 0 Å². The minimum atomic E-state index is -0.283. The highest BCUT2D eigenvalue weighted by molar-refractivity contribution is 7.99. The van der Waals surface area contributed by atoms with Crippen LogP contribution in [-0.2, 0) is 11.2 Å². The number of hydrogen-bond acceptors (Lipinski definition) is 6. The summed E-state index contributed by atoms with van der Waals surface area (Å²) in [5.41, 5.74) is 2.09. The molecule has 0 aliphatic carbocycles. The first-order chi connectivity index (χ1) is 15.1. The third kappa shape index (κ3) is 4.95. The quantitative estimate of drug-likeness (QED) is 0.326. The van der Waals surface area contributed by atoms with Gasteiger partial charge in [0.1, 0.15) is 11.1 Å². The number of aromatic amines is 1. The number of amides is 1. The first-order valence-electron chi connectivity index (χ1n) is 9.70. The number of nitrogens with zero attached hydrogens (tertiary/aromatic N) is 3. The Morgan fingerprint density at radius 3 is 2.68 bits per heavy atom. The molecule has 31 heavy (non-hydrogen) atoms. The third-order valence-electron chi connectivity index (χ3n) is 4.65. The van der Waals surface area contributed by atoms with E-state index in [1.165, 1.54) is 18.0 Å². The lowest BCUT2D eigenvalue weighted by atomic mass is 10.1. The summed E-state index contributed by atoms with van der Waals surface area (Å²) >= 11 is 1.18. The molecule has 0 bridgehead atoms. The smallest absolute Gasteiger partial charge is 0.262 e. The zero-order valence-electron chi connectivity index (χ0n) is 16.9. The second kappa shape index (κ2) is 9.48. The number of benzene rings is 2. The number of H-pyrrole nitrogens is 1. The fraction of sp³-hybridized carbons (Fsp3) is 0.182. The summed E-state index contributed by atoms with van der Waals surface area (Å²) in [5, 5.41) is 7.94. The lowest BCUT2D eigenvalue weighted by Crippen LogP contribution is -2.27. The van der Waals surface area contributed by atoms with Crippen LogP contribution in [-0.4, -0.2) is 45.1 Å². The molecule has 0 unspecified atom stereocenters.